The molecule has 6 nitrogen and oxygen atoms in total. The average Bonchev–Trinajstić information content (AvgIpc) is 2.70. The summed E-state index contributed by atoms with van der Waals surface area (Å²) in [6.45, 7) is 2.13. The lowest BCUT2D eigenvalue weighted by atomic mass is 9.72. The van der Waals surface area contributed by atoms with Gasteiger partial charge in [0.2, 0.25) is 5.91 Å². The smallest absolute Gasteiger partial charge is 0.223 e. The maximum absolute atomic E-state index is 14.2. The second-order valence-corrected chi connectivity index (χ2v) is 8.78. The number of aliphatic hydroxyl groups is 1. The van der Waals surface area contributed by atoms with Crippen LogP contribution in [0.25, 0.3) is 10.9 Å². The van der Waals surface area contributed by atoms with Crippen molar-refractivity contribution >= 4 is 16.8 Å². The Bertz CT molecular complexity index is 992. The zero-order chi connectivity index (χ0) is 20.1. The van der Waals surface area contributed by atoms with Gasteiger partial charge in [-0.25, -0.2) is 4.39 Å². The minimum absolute atomic E-state index is 0.00845. The van der Waals surface area contributed by atoms with Crippen LogP contribution in [-0.4, -0.2) is 57.6 Å². The molecule has 1 aromatic carbocycles. The summed E-state index contributed by atoms with van der Waals surface area (Å²) in [4.78, 5) is 32.3. The number of amides is 1. The van der Waals surface area contributed by atoms with Gasteiger partial charge < -0.3 is 15.0 Å². The molecule has 1 aromatic heterocycles. The van der Waals surface area contributed by atoms with Crippen LogP contribution < -0.4 is 5.43 Å². The van der Waals surface area contributed by atoms with Crippen molar-refractivity contribution in [1.82, 2.24) is 14.8 Å². The van der Waals surface area contributed by atoms with Gasteiger partial charge in [0.1, 0.15) is 5.82 Å². The van der Waals surface area contributed by atoms with E-state index in [9.17, 15) is 19.1 Å². The molecule has 1 amide bonds. The third kappa shape index (κ3) is 3.16. The monoisotopic (exact) mass is 399 g/mol. The minimum atomic E-state index is -0.423. The van der Waals surface area contributed by atoms with Crippen molar-refractivity contribution in [3.63, 3.8) is 0 Å². The number of H-pyrrole nitrogens is 1. The number of piperidine rings is 3. The number of benzene rings is 1. The molecule has 0 unspecified atom stereocenters. The lowest BCUT2D eigenvalue weighted by Gasteiger charge is -2.56. The van der Waals surface area contributed by atoms with Crippen molar-refractivity contribution in [2.45, 2.75) is 44.3 Å². The summed E-state index contributed by atoms with van der Waals surface area (Å²) in [5.74, 6) is 0.358. The Balaban J connectivity index is 1.41. The van der Waals surface area contributed by atoms with Gasteiger partial charge in [0, 0.05) is 49.2 Å². The van der Waals surface area contributed by atoms with Gasteiger partial charge in [-0.15, -0.1) is 0 Å². The lowest BCUT2D eigenvalue weighted by Crippen LogP contribution is -2.65. The average molecular weight is 399 g/mol. The van der Waals surface area contributed by atoms with Gasteiger partial charge in [-0.05, 0) is 43.2 Å². The van der Waals surface area contributed by atoms with E-state index in [1.807, 2.05) is 4.90 Å². The van der Waals surface area contributed by atoms with Crippen molar-refractivity contribution in [2.75, 3.05) is 19.7 Å². The Kier molecular flexibility index (Phi) is 4.67. The highest BCUT2D eigenvalue weighted by atomic mass is 19.1. The van der Waals surface area contributed by atoms with E-state index in [1.54, 1.807) is 18.2 Å². The van der Waals surface area contributed by atoms with E-state index in [4.69, 9.17) is 0 Å². The number of para-hydroxylation sites is 1. The number of pyridine rings is 1. The van der Waals surface area contributed by atoms with Crippen LogP contribution in [-0.2, 0) is 11.3 Å². The molecule has 3 fully saturated rings. The van der Waals surface area contributed by atoms with Gasteiger partial charge in [0.25, 0.3) is 0 Å². The Morgan fingerprint density at radius 3 is 2.86 bits per heavy atom. The number of fused-ring (bicyclic) bond motifs is 5. The summed E-state index contributed by atoms with van der Waals surface area (Å²) in [7, 11) is 0. The molecule has 4 atom stereocenters. The van der Waals surface area contributed by atoms with Crippen LogP contribution in [0.15, 0.2) is 29.1 Å². The summed E-state index contributed by atoms with van der Waals surface area (Å²) in [5, 5.41) is 10.4. The maximum atomic E-state index is 14.2. The van der Waals surface area contributed by atoms with Crippen molar-refractivity contribution in [3.05, 3.63) is 46.0 Å². The third-order valence-electron chi connectivity index (χ3n) is 7.02. The van der Waals surface area contributed by atoms with Crippen LogP contribution in [0.1, 0.15) is 31.4 Å². The molecular formula is C22H26FN3O3. The van der Waals surface area contributed by atoms with E-state index >= 15 is 0 Å². The number of aromatic amines is 1. The molecule has 2 bridgehead atoms. The number of halogens is 1. The Labute approximate surface area is 168 Å². The highest BCUT2D eigenvalue weighted by Gasteiger charge is 2.49. The number of likely N-dealkylation sites (tertiary alicyclic amines) is 1. The van der Waals surface area contributed by atoms with Crippen LogP contribution in [0, 0.1) is 17.7 Å². The maximum Gasteiger partial charge on any atom is 0.223 e. The van der Waals surface area contributed by atoms with Gasteiger partial charge in [-0.3, -0.25) is 14.5 Å². The molecule has 154 valence electrons. The van der Waals surface area contributed by atoms with Crippen molar-refractivity contribution in [3.8, 4) is 0 Å². The molecule has 0 aliphatic carbocycles. The van der Waals surface area contributed by atoms with Gasteiger partial charge in [0.15, 0.2) is 5.43 Å². The first kappa shape index (κ1) is 18.8. The van der Waals surface area contributed by atoms with Gasteiger partial charge in [-0.2, -0.15) is 0 Å². The van der Waals surface area contributed by atoms with Gasteiger partial charge >= 0.3 is 0 Å². The topological polar surface area (TPSA) is 76.6 Å². The fourth-order valence-electron chi connectivity index (χ4n) is 5.85. The highest BCUT2D eigenvalue weighted by Crippen LogP contribution is 2.41. The number of carbonyl (C=O) groups excluding carboxylic acids is 1. The summed E-state index contributed by atoms with van der Waals surface area (Å²) in [5.41, 5.74) is 0.775. The number of rotatable bonds is 3. The number of nitrogens with zero attached hydrogens (tertiary/aromatic N) is 2. The zero-order valence-electron chi connectivity index (χ0n) is 16.3. The number of nitrogens with one attached hydrogen (secondary N) is 1. The van der Waals surface area contributed by atoms with E-state index in [-0.39, 0.29) is 41.5 Å². The van der Waals surface area contributed by atoms with Crippen molar-refractivity contribution < 1.29 is 14.3 Å². The molecule has 4 heterocycles. The van der Waals surface area contributed by atoms with E-state index in [0.717, 1.165) is 32.4 Å². The first-order valence-electron chi connectivity index (χ1n) is 10.5. The standard InChI is InChI=1S/C22H26FN3O3/c23-17-4-1-3-16-20(28)8-15(24-22(16)17)11-25-9-13-7-14(10-25)19(12-27)26-18(13)5-2-6-21(26)29/h1,3-4,8,13-14,18-19,27H,2,5-7,9-12H2,(H,24,28)/t13-,14+,18+,19+/m1/s1. The molecule has 0 spiro atoms. The van der Waals surface area contributed by atoms with Crippen LogP contribution in [0.3, 0.4) is 0 Å². The number of hydrogen-bond acceptors (Lipinski definition) is 4. The lowest BCUT2D eigenvalue weighted by molar-refractivity contribution is -0.155. The van der Waals surface area contributed by atoms with E-state index < -0.39 is 5.82 Å². The highest BCUT2D eigenvalue weighted by molar-refractivity contribution is 5.79. The number of carbonyl (C=O) groups is 1. The molecule has 3 aliphatic rings. The van der Waals surface area contributed by atoms with E-state index in [0.29, 0.717) is 30.0 Å². The minimum Gasteiger partial charge on any atom is -0.394 e. The molecule has 0 saturated carbocycles. The SMILES string of the molecule is O=C1CCC[C@H]2[C@@H]3C[C@@H](CN(Cc4cc(=O)c5cccc(F)c5[nH]4)C3)[C@H](CO)N12. The number of aromatic nitrogens is 1. The third-order valence-corrected chi connectivity index (χ3v) is 7.02. The number of hydrogen-bond donors (Lipinski definition) is 2. The molecule has 3 saturated heterocycles. The van der Waals surface area contributed by atoms with Crippen LogP contribution in [0.5, 0.6) is 0 Å². The molecular weight excluding hydrogens is 373 g/mol. The molecule has 0 radical (unpaired) electrons. The molecule has 29 heavy (non-hydrogen) atoms. The second kappa shape index (κ2) is 7.22. The molecule has 5 rings (SSSR count). The van der Waals surface area contributed by atoms with Gasteiger partial charge in [-0.1, -0.05) is 6.07 Å². The summed E-state index contributed by atoms with van der Waals surface area (Å²) in [6, 6.07) is 6.16. The van der Waals surface area contributed by atoms with Gasteiger partial charge in [0.05, 0.1) is 18.2 Å². The Morgan fingerprint density at radius 2 is 2.03 bits per heavy atom. The molecule has 7 heteroatoms. The predicted octanol–water partition coefficient (Wildman–Crippen LogP) is 1.86. The molecule has 2 N–H and O–H groups in total. The van der Waals surface area contributed by atoms with Crippen molar-refractivity contribution in [1.29, 1.82) is 0 Å². The Hall–Kier alpha value is -2.25. The van der Waals surface area contributed by atoms with Crippen molar-refractivity contribution in [2.24, 2.45) is 11.8 Å². The molecule has 3 aliphatic heterocycles. The predicted molar refractivity (Wildman–Crippen MR) is 107 cm³/mol. The molecule has 2 aromatic rings. The van der Waals surface area contributed by atoms with E-state index in [2.05, 4.69) is 9.88 Å². The quantitative estimate of drug-likeness (QED) is 0.826. The summed E-state index contributed by atoms with van der Waals surface area (Å²) in [6.07, 6.45) is 3.52. The fraction of sp³-hybridized carbons (Fsp3) is 0.545. The Morgan fingerprint density at radius 1 is 1.21 bits per heavy atom. The summed E-state index contributed by atoms with van der Waals surface area (Å²) >= 11 is 0. The first-order chi connectivity index (χ1) is 14.0. The number of aliphatic hydroxyl groups excluding tert-OH is 1. The largest absolute Gasteiger partial charge is 0.394 e. The van der Waals surface area contributed by atoms with Crippen LogP contribution in [0.4, 0.5) is 4.39 Å². The summed E-state index contributed by atoms with van der Waals surface area (Å²) < 4.78 is 14.2. The fourth-order valence-corrected chi connectivity index (χ4v) is 5.85. The van der Waals surface area contributed by atoms with Crippen LogP contribution in [0.2, 0.25) is 0 Å². The first-order valence-corrected chi connectivity index (χ1v) is 10.5. The van der Waals surface area contributed by atoms with E-state index in [1.165, 1.54) is 6.07 Å². The van der Waals surface area contributed by atoms with Crippen LogP contribution >= 0.6 is 0 Å². The second-order valence-electron chi connectivity index (χ2n) is 8.78. The zero-order valence-corrected chi connectivity index (χ0v) is 16.3. The normalized spacial score (nSPS) is 29.9.